The SMILES string of the molecule is COC12CC(/C(=C\C(=O)OC(C)(C)C)c3ccc(Cl)c(NC(=O)[C@H](c4ccc(Cl)cc4)[C@@H](C)C(F)(F)F)c3)(C1)C2. The summed E-state index contributed by atoms with van der Waals surface area (Å²) in [7, 11) is 1.66. The predicted molar refractivity (Wildman–Crippen MR) is 149 cm³/mol. The molecular formula is C30H32Cl2F3NO4. The highest BCUT2D eigenvalue weighted by Gasteiger charge is 2.70. The number of allylic oxidation sites excluding steroid dienone is 1. The number of hydrogen-bond acceptors (Lipinski definition) is 4. The third kappa shape index (κ3) is 6.19. The second kappa shape index (κ2) is 10.7. The Balaban J connectivity index is 1.68. The number of alkyl halides is 3. The predicted octanol–water partition coefficient (Wildman–Crippen LogP) is 8.21. The van der Waals surface area contributed by atoms with Gasteiger partial charge in [0.2, 0.25) is 5.91 Å². The van der Waals surface area contributed by atoms with Gasteiger partial charge in [-0.1, -0.05) is 48.3 Å². The zero-order valence-electron chi connectivity index (χ0n) is 22.9. The summed E-state index contributed by atoms with van der Waals surface area (Å²) in [6.07, 6.45) is -1.01. The van der Waals surface area contributed by atoms with E-state index in [2.05, 4.69) is 5.32 Å². The Morgan fingerprint density at radius 1 is 1.02 bits per heavy atom. The molecule has 2 aromatic carbocycles. The average Bonchev–Trinajstić information content (AvgIpc) is 2.78. The number of carbonyl (C=O) groups excluding carboxylic acids is 2. The second-order valence-electron chi connectivity index (χ2n) is 11.8. The monoisotopic (exact) mass is 597 g/mol. The standard InChI is InChI=1S/C30H32Cl2F3NO4/c1-17(30(33,34)35)25(18-6-9-20(31)10-7-18)26(38)36-23-12-19(8-11-22(23)32)21(13-24(37)40-27(2,3)4)28-14-29(15-28,16-28)39-5/h6-13,17,25H,14-16H2,1-5H3,(H,36,38)/b21-13-/t17-,25+,28?,29?/m1/s1. The van der Waals surface area contributed by atoms with E-state index in [-0.39, 0.29) is 27.3 Å². The van der Waals surface area contributed by atoms with Gasteiger partial charge < -0.3 is 14.8 Å². The van der Waals surface area contributed by atoms with Crippen LogP contribution in [0.15, 0.2) is 48.5 Å². The molecule has 10 heteroatoms. The summed E-state index contributed by atoms with van der Waals surface area (Å²) in [6.45, 7) is 6.28. The molecule has 5 nitrogen and oxygen atoms in total. The van der Waals surface area contributed by atoms with E-state index in [4.69, 9.17) is 32.7 Å². The molecular weight excluding hydrogens is 566 g/mol. The van der Waals surface area contributed by atoms with Crippen LogP contribution in [0.4, 0.5) is 18.9 Å². The Hall–Kier alpha value is -2.55. The number of esters is 1. The summed E-state index contributed by atoms with van der Waals surface area (Å²) in [5, 5.41) is 3.10. The van der Waals surface area contributed by atoms with Crippen LogP contribution in [0.1, 0.15) is 64.0 Å². The molecule has 0 aromatic heterocycles. The number of halogens is 5. The first-order valence-electron chi connectivity index (χ1n) is 12.9. The quantitative estimate of drug-likeness (QED) is 0.246. The number of anilines is 1. The van der Waals surface area contributed by atoms with Gasteiger partial charge in [-0.2, -0.15) is 13.2 Å². The zero-order chi connectivity index (χ0) is 29.7. The van der Waals surface area contributed by atoms with Crippen molar-refractivity contribution in [3.05, 3.63) is 69.7 Å². The summed E-state index contributed by atoms with van der Waals surface area (Å²) in [5.74, 6) is -4.91. The van der Waals surface area contributed by atoms with Crippen LogP contribution in [-0.4, -0.2) is 36.4 Å². The number of methoxy groups -OCH3 is 1. The summed E-state index contributed by atoms with van der Waals surface area (Å²) < 4.78 is 52.6. The number of amides is 1. The molecule has 0 aliphatic heterocycles. The number of benzene rings is 2. The minimum Gasteiger partial charge on any atom is -0.457 e. The molecule has 1 amide bonds. The first kappa shape index (κ1) is 30.4. The molecule has 3 saturated carbocycles. The summed E-state index contributed by atoms with van der Waals surface area (Å²) in [6, 6.07) is 10.6. The van der Waals surface area contributed by atoms with Crippen molar-refractivity contribution in [2.24, 2.45) is 11.3 Å². The molecule has 3 aliphatic rings. The van der Waals surface area contributed by atoms with Crippen LogP contribution in [0, 0.1) is 11.3 Å². The van der Waals surface area contributed by atoms with Gasteiger partial charge in [0.05, 0.1) is 28.1 Å². The Morgan fingerprint density at radius 3 is 2.15 bits per heavy atom. The number of ether oxygens (including phenoxy) is 2. The van der Waals surface area contributed by atoms with Crippen LogP contribution < -0.4 is 5.32 Å². The van der Waals surface area contributed by atoms with Crippen LogP contribution in [0.5, 0.6) is 0 Å². The van der Waals surface area contributed by atoms with Crippen molar-refractivity contribution in [1.82, 2.24) is 0 Å². The highest BCUT2D eigenvalue weighted by molar-refractivity contribution is 6.34. The Bertz CT molecular complexity index is 1310. The lowest BCUT2D eigenvalue weighted by Crippen LogP contribution is -2.68. The minimum atomic E-state index is -4.63. The van der Waals surface area contributed by atoms with Crippen LogP contribution >= 0.6 is 23.2 Å². The number of rotatable bonds is 8. The molecule has 216 valence electrons. The maximum atomic E-state index is 13.8. The molecule has 0 heterocycles. The molecule has 3 aliphatic carbocycles. The number of hydrogen-bond donors (Lipinski definition) is 1. The molecule has 2 atom stereocenters. The zero-order valence-corrected chi connectivity index (χ0v) is 24.4. The van der Waals surface area contributed by atoms with Crippen molar-refractivity contribution in [3.8, 4) is 0 Å². The highest BCUT2D eigenvalue weighted by Crippen LogP contribution is 2.74. The van der Waals surface area contributed by atoms with Gasteiger partial charge in [-0.3, -0.25) is 4.79 Å². The van der Waals surface area contributed by atoms with Gasteiger partial charge in [-0.05, 0) is 81.0 Å². The van der Waals surface area contributed by atoms with E-state index < -0.39 is 35.5 Å². The van der Waals surface area contributed by atoms with Gasteiger partial charge >= 0.3 is 12.1 Å². The Kier molecular flexibility index (Phi) is 8.13. The van der Waals surface area contributed by atoms with E-state index in [0.717, 1.165) is 26.2 Å². The van der Waals surface area contributed by atoms with Gasteiger partial charge in [0.1, 0.15) is 5.60 Å². The largest absolute Gasteiger partial charge is 0.457 e. The summed E-state index contributed by atoms with van der Waals surface area (Å²) in [4.78, 5) is 26.2. The van der Waals surface area contributed by atoms with E-state index in [1.165, 1.54) is 30.3 Å². The van der Waals surface area contributed by atoms with Crippen molar-refractivity contribution >= 4 is 46.3 Å². The third-order valence-corrected chi connectivity index (χ3v) is 8.30. The summed E-state index contributed by atoms with van der Waals surface area (Å²) >= 11 is 12.3. The molecule has 3 fully saturated rings. The maximum Gasteiger partial charge on any atom is 0.392 e. The van der Waals surface area contributed by atoms with E-state index >= 15 is 0 Å². The molecule has 5 rings (SSSR count). The van der Waals surface area contributed by atoms with Gasteiger partial charge in [-0.15, -0.1) is 0 Å². The lowest BCUT2D eigenvalue weighted by atomic mass is 9.38. The molecule has 0 saturated heterocycles. The molecule has 0 unspecified atom stereocenters. The summed E-state index contributed by atoms with van der Waals surface area (Å²) in [5.41, 5.74) is 0.419. The second-order valence-corrected chi connectivity index (χ2v) is 12.7. The lowest BCUT2D eigenvalue weighted by Gasteiger charge is -2.70. The van der Waals surface area contributed by atoms with Crippen molar-refractivity contribution < 1.29 is 32.2 Å². The van der Waals surface area contributed by atoms with Crippen molar-refractivity contribution in [3.63, 3.8) is 0 Å². The number of nitrogens with one attached hydrogen (secondary N) is 1. The molecule has 0 radical (unpaired) electrons. The molecule has 2 aromatic rings. The van der Waals surface area contributed by atoms with Crippen molar-refractivity contribution in [1.29, 1.82) is 0 Å². The average molecular weight is 598 g/mol. The molecule has 0 spiro atoms. The van der Waals surface area contributed by atoms with Gasteiger partial charge in [0.15, 0.2) is 0 Å². The fourth-order valence-corrected chi connectivity index (χ4v) is 6.00. The van der Waals surface area contributed by atoms with Crippen molar-refractivity contribution in [2.75, 3.05) is 12.4 Å². The first-order chi connectivity index (χ1) is 18.5. The van der Waals surface area contributed by atoms with Crippen LogP contribution in [0.25, 0.3) is 5.57 Å². The van der Waals surface area contributed by atoms with Crippen LogP contribution in [0.2, 0.25) is 10.0 Å². The fourth-order valence-electron chi connectivity index (χ4n) is 5.71. The van der Waals surface area contributed by atoms with Gasteiger partial charge in [0, 0.05) is 23.6 Å². The maximum absolute atomic E-state index is 13.8. The topological polar surface area (TPSA) is 64.6 Å². The van der Waals surface area contributed by atoms with Crippen molar-refractivity contribution in [2.45, 2.75) is 70.3 Å². The van der Waals surface area contributed by atoms with Crippen LogP contribution in [0.3, 0.4) is 0 Å². The van der Waals surface area contributed by atoms with E-state index in [0.29, 0.717) is 16.2 Å². The normalized spacial score (nSPS) is 23.9. The minimum absolute atomic E-state index is 0.139. The molecule has 40 heavy (non-hydrogen) atoms. The smallest absolute Gasteiger partial charge is 0.392 e. The number of carbonyl (C=O) groups is 2. The van der Waals surface area contributed by atoms with E-state index in [9.17, 15) is 22.8 Å². The van der Waals surface area contributed by atoms with Gasteiger partial charge in [0.25, 0.3) is 0 Å². The van der Waals surface area contributed by atoms with E-state index in [1.807, 2.05) is 0 Å². The molecule has 1 N–H and O–H groups in total. The van der Waals surface area contributed by atoms with E-state index in [1.54, 1.807) is 46.1 Å². The lowest BCUT2D eigenvalue weighted by molar-refractivity contribution is -0.245. The Morgan fingerprint density at radius 2 is 1.62 bits per heavy atom. The fraction of sp³-hybridized carbons (Fsp3) is 0.467. The Labute approximate surface area is 242 Å². The van der Waals surface area contributed by atoms with Crippen LogP contribution in [-0.2, 0) is 19.1 Å². The first-order valence-corrected chi connectivity index (χ1v) is 13.7. The third-order valence-electron chi connectivity index (χ3n) is 7.72. The van der Waals surface area contributed by atoms with Gasteiger partial charge in [-0.25, -0.2) is 4.79 Å². The highest BCUT2D eigenvalue weighted by atomic mass is 35.5. The molecule has 2 bridgehead atoms.